The molecular formula is C29H43NO4S. The highest BCUT2D eigenvalue weighted by atomic mass is 32.1. The summed E-state index contributed by atoms with van der Waals surface area (Å²) in [5, 5.41) is 13.9. The molecule has 1 aromatic rings. The summed E-state index contributed by atoms with van der Waals surface area (Å²) in [6, 6.07) is 0. The number of rotatable bonds is 2. The van der Waals surface area contributed by atoms with E-state index in [1.165, 1.54) is 5.57 Å². The van der Waals surface area contributed by atoms with Gasteiger partial charge in [0.15, 0.2) is 0 Å². The lowest BCUT2D eigenvalue weighted by Gasteiger charge is -2.34. The molecule has 0 bridgehead atoms. The van der Waals surface area contributed by atoms with Crippen LogP contribution in [0.15, 0.2) is 34.8 Å². The number of allylic oxidation sites excluding steroid dienone is 3. The van der Waals surface area contributed by atoms with Crippen molar-refractivity contribution in [2.24, 2.45) is 23.2 Å². The highest BCUT2D eigenvalue weighted by Gasteiger charge is 2.41. The maximum atomic E-state index is 13.4. The van der Waals surface area contributed by atoms with Crippen LogP contribution in [0.4, 0.5) is 0 Å². The molecule has 2 heterocycles. The minimum Gasteiger partial charge on any atom is -0.457 e. The van der Waals surface area contributed by atoms with E-state index in [-0.39, 0.29) is 24.0 Å². The van der Waals surface area contributed by atoms with Gasteiger partial charge < -0.3 is 9.84 Å². The number of esters is 1. The van der Waals surface area contributed by atoms with Crippen LogP contribution in [0.3, 0.4) is 0 Å². The van der Waals surface area contributed by atoms with E-state index in [1.54, 1.807) is 25.2 Å². The Hall–Kier alpha value is -2.05. The number of aliphatic hydroxyl groups excluding tert-OH is 1. The Bertz CT molecular complexity index is 971. The molecule has 2 rings (SSSR count). The average molecular weight is 502 g/mol. The van der Waals surface area contributed by atoms with Crippen LogP contribution in [0, 0.1) is 30.1 Å². The highest BCUT2D eigenvalue weighted by molar-refractivity contribution is 7.09. The molecule has 1 N–H and O–H groups in total. The van der Waals surface area contributed by atoms with Gasteiger partial charge >= 0.3 is 5.97 Å². The van der Waals surface area contributed by atoms with Crippen molar-refractivity contribution in [3.05, 3.63) is 45.5 Å². The number of ether oxygens (including phenoxy) is 1. The Morgan fingerprint density at radius 3 is 2.49 bits per heavy atom. The third-order valence-corrected chi connectivity index (χ3v) is 8.31. The van der Waals surface area contributed by atoms with Gasteiger partial charge in [-0.2, -0.15) is 0 Å². The smallest absolute Gasteiger partial charge is 0.309 e. The van der Waals surface area contributed by atoms with E-state index < -0.39 is 23.6 Å². The zero-order valence-corrected chi connectivity index (χ0v) is 23.4. The summed E-state index contributed by atoms with van der Waals surface area (Å²) in [6.07, 6.45) is 8.89. The number of hydrogen-bond donors (Lipinski definition) is 1. The molecule has 0 radical (unpaired) electrons. The van der Waals surface area contributed by atoms with Gasteiger partial charge in [0.05, 0.1) is 28.6 Å². The van der Waals surface area contributed by atoms with Gasteiger partial charge in [0.2, 0.25) is 0 Å². The van der Waals surface area contributed by atoms with E-state index in [1.807, 2.05) is 32.2 Å². The Morgan fingerprint density at radius 2 is 1.86 bits per heavy atom. The fourth-order valence-electron chi connectivity index (χ4n) is 4.39. The van der Waals surface area contributed by atoms with Crippen molar-refractivity contribution >= 4 is 29.2 Å². The fraction of sp³-hybridized carbons (Fsp3) is 0.621. The Balaban J connectivity index is 2.35. The van der Waals surface area contributed by atoms with E-state index in [0.717, 1.165) is 29.1 Å². The van der Waals surface area contributed by atoms with Gasteiger partial charge in [-0.05, 0) is 57.1 Å². The van der Waals surface area contributed by atoms with Crippen molar-refractivity contribution in [3.8, 4) is 0 Å². The topological polar surface area (TPSA) is 76.5 Å². The quantitative estimate of drug-likeness (QED) is 0.360. The molecular weight excluding hydrogens is 458 g/mol. The van der Waals surface area contributed by atoms with E-state index in [2.05, 4.69) is 44.0 Å². The normalized spacial score (nSPS) is 32.3. The monoisotopic (exact) mass is 501 g/mol. The number of hydrogen-bond acceptors (Lipinski definition) is 6. The minimum atomic E-state index is -1.12. The first kappa shape index (κ1) is 29.2. The number of carbonyl (C=O) groups excluding carboxylic acids is 2. The summed E-state index contributed by atoms with van der Waals surface area (Å²) < 4.78 is 5.86. The first-order valence-corrected chi connectivity index (χ1v) is 13.5. The van der Waals surface area contributed by atoms with E-state index in [4.69, 9.17) is 4.74 Å². The second-order valence-electron chi connectivity index (χ2n) is 10.8. The van der Waals surface area contributed by atoms with Crippen LogP contribution in [0.5, 0.6) is 0 Å². The third kappa shape index (κ3) is 8.25. The van der Waals surface area contributed by atoms with Crippen molar-refractivity contribution < 1.29 is 19.4 Å². The van der Waals surface area contributed by atoms with Crippen LogP contribution >= 0.6 is 11.3 Å². The van der Waals surface area contributed by atoms with Gasteiger partial charge in [0.1, 0.15) is 11.9 Å². The number of cyclic esters (lactones) is 1. The molecule has 5 atom stereocenters. The van der Waals surface area contributed by atoms with Crippen molar-refractivity contribution in [1.82, 2.24) is 4.98 Å². The summed E-state index contributed by atoms with van der Waals surface area (Å²) >= 11 is 1.57. The molecule has 0 aliphatic carbocycles. The van der Waals surface area contributed by atoms with E-state index in [9.17, 15) is 14.7 Å². The molecule has 0 saturated heterocycles. The minimum absolute atomic E-state index is 0.0190. The molecule has 35 heavy (non-hydrogen) atoms. The van der Waals surface area contributed by atoms with E-state index >= 15 is 0 Å². The van der Waals surface area contributed by atoms with Gasteiger partial charge in [-0.25, -0.2) is 4.98 Å². The maximum Gasteiger partial charge on any atom is 0.309 e. The molecule has 6 heteroatoms. The summed E-state index contributed by atoms with van der Waals surface area (Å²) in [5.41, 5.74) is 1.89. The largest absolute Gasteiger partial charge is 0.457 e. The number of nitrogens with zero attached hydrogens (tertiary/aromatic N) is 1. The number of carbonyl (C=O) groups is 2. The number of aryl methyl sites for hydroxylation is 1. The third-order valence-electron chi connectivity index (χ3n) is 7.52. The van der Waals surface area contributed by atoms with Crippen LogP contribution in [0.25, 0.3) is 6.08 Å². The number of aromatic nitrogens is 1. The van der Waals surface area contributed by atoms with Crippen molar-refractivity contribution in [2.45, 2.75) is 93.3 Å². The van der Waals surface area contributed by atoms with Crippen LogP contribution in [-0.2, 0) is 14.3 Å². The Morgan fingerprint density at radius 1 is 1.17 bits per heavy atom. The van der Waals surface area contributed by atoms with Gasteiger partial charge in [0.25, 0.3) is 0 Å². The van der Waals surface area contributed by atoms with Crippen molar-refractivity contribution in [3.63, 3.8) is 0 Å². The van der Waals surface area contributed by atoms with Crippen LogP contribution in [-0.4, -0.2) is 34.1 Å². The van der Waals surface area contributed by atoms with Gasteiger partial charge in [-0.15, -0.1) is 11.3 Å². The maximum absolute atomic E-state index is 13.4. The fourth-order valence-corrected chi connectivity index (χ4v) is 4.96. The van der Waals surface area contributed by atoms with Gasteiger partial charge in [0, 0.05) is 17.7 Å². The molecule has 0 saturated carbocycles. The second-order valence-corrected chi connectivity index (χ2v) is 11.8. The molecule has 1 unspecified atom stereocenters. The van der Waals surface area contributed by atoms with Crippen molar-refractivity contribution in [2.75, 3.05) is 0 Å². The lowest BCUT2D eigenvalue weighted by Crippen LogP contribution is -2.43. The zero-order valence-electron chi connectivity index (χ0n) is 22.6. The summed E-state index contributed by atoms with van der Waals surface area (Å²) in [7, 11) is 0. The first-order chi connectivity index (χ1) is 16.3. The summed E-state index contributed by atoms with van der Waals surface area (Å²) in [4.78, 5) is 30.8. The van der Waals surface area contributed by atoms with Crippen molar-refractivity contribution in [1.29, 1.82) is 0 Å². The predicted octanol–water partition coefficient (Wildman–Crippen LogP) is 6.71. The lowest BCUT2D eigenvalue weighted by molar-refractivity contribution is -0.153. The molecule has 0 amide bonds. The first-order valence-electron chi connectivity index (χ1n) is 12.7. The van der Waals surface area contributed by atoms with Gasteiger partial charge in [-0.1, -0.05) is 58.4 Å². The molecule has 194 valence electrons. The number of aliphatic hydroxyl groups is 1. The molecule has 0 fully saturated rings. The lowest BCUT2D eigenvalue weighted by atomic mass is 9.70. The SMILES string of the molecule is C/C1=C/CC(/C(C)=C/c2csc(C)n2)OC(=O)C[C@H](O)C(C)(C)C(=O)[C@H](C)[C@@H](C)[C@@H](C)C/C=C/C1. The highest BCUT2D eigenvalue weighted by Crippen LogP contribution is 2.34. The molecule has 0 aromatic carbocycles. The molecule has 1 aliphatic rings. The molecule has 0 spiro atoms. The number of ketones is 1. The Labute approximate surface area is 215 Å². The van der Waals surface area contributed by atoms with Crippen LogP contribution in [0.2, 0.25) is 0 Å². The van der Waals surface area contributed by atoms with Gasteiger partial charge in [-0.3, -0.25) is 9.59 Å². The summed E-state index contributed by atoms with van der Waals surface area (Å²) in [6.45, 7) is 15.6. The number of Topliss-reactive ketones (excluding diaryl/α,β-unsaturated/α-hetero) is 1. The zero-order chi connectivity index (χ0) is 26.3. The van der Waals surface area contributed by atoms with Crippen LogP contribution < -0.4 is 0 Å². The molecule has 1 aromatic heterocycles. The van der Waals surface area contributed by atoms with Crippen LogP contribution in [0.1, 0.15) is 84.9 Å². The second kappa shape index (κ2) is 12.8. The predicted molar refractivity (Wildman–Crippen MR) is 144 cm³/mol. The Kier molecular flexibility index (Phi) is 10.6. The summed E-state index contributed by atoms with van der Waals surface area (Å²) in [5.74, 6) is -0.265. The molecule has 5 nitrogen and oxygen atoms in total. The van der Waals surface area contributed by atoms with E-state index in [0.29, 0.717) is 12.3 Å². The molecule has 1 aliphatic heterocycles. The standard InChI is InChI=1S/C29H43NO4S/c1-18-11-9-10-12-19(2)21(4)22(5)28(33)29(7,8)26(31)16-27(32)34-25(14-13-18)20(3)15-24-17-35-23(6)30-24/h9-10,13,15,17,19,21-22,25-26,31H,11-12,14,16H2,1-8H3/b10-9+,18-13-,20-15+/t19-,21-,22+,25?,26-/m0/s1. The average Bonchev–Trinajstić information content (AvgIpc) is 3.21. The number of thiazole rings is 1.